The number of nitrogens with one attached hydrogen (secondary N) is 2. The summed E-state index contributed by atoms with van der Waals surface area (Å²) in [5.74, 6) is 0.416. The second-order valence-corrected chi connectivity index (χ2v) is 8.18. The Morgan fingerprint density at radius 3 is 2.34 bits per heavy atom. The monoisotopic (exact) mass is 495 g/mol. The topological polar surface area (TPSA) is 83.7 Å². The number of hydrogen-bond acceptors (Lipinski definition) is 4. The summed E-state index contributed by atoms with van der Waals surface area (Å²) in [4.78, 5) is 30.3. The molecule has 0 aliphatic rings. The van der Waals surface area contributed by atoms with E-state index < -0.39 is 11.8 Å². The average Bonchev–Trinajstić information content (AvgIpc) is 2.85. The molecule has 7 nitrogen and oxygen atoms in total. The Hall–Kier alpha value is -4.04. The number of urea groups is 1. The Morgan fingerprint density at radius 1 is 0.971 bits per heavy atom. The van der Waals surface area contributed by atoms with E-state index in [4.69, 9.17) is 21.1 Å². The highest BCUT2D eigenvalue weighted by atomic mass is 35.5. The minimum Gasteiger partial charge on any atom is -0.493 e. The number of rotatable bonds is 7. The second-order valence-electron chi connectivity index (χ2n) is 7.78. The van der Waals surface area contributed by atoms with E-state index in [1.807, 2.05) is 0 Å². The van der Waals surface area contributed by atoms with Crippen molar-refractivity contribution in [3.63, 3.8) is 0 Å². The van der Waals surface area contributed by atoms with Crippen LogP contribution in [0.5, 0.6) is 11.5 Å². The number of aromatic nitrogens is 1. The van der Waals surface area contributed by atoms with Gasteiger partial charge in [0.2, 0.25) is 0 Å². The van der Waals surface area contributed by atoms with Crippen molar-refractivity contribution in [2.75, 3.05) is 19.5 Å². The Kier molecular flexibility index (Phi) is 7.22. The van der Waals surface area contributed by atoms with E-state index in [0.29, 0.717) is 38.6 Å². The zero-order valence-corrected chi connectivity index (χ0v) is 19.9. The molecular formula is C26H23ClFN3O4. The first-order valence-electron chi connectivity index (χ1n) is 10.7. The van der Waals surface area contributed by atoms with Gasteiger partial charge in [-0.2, -0.15) is 0 Å². The molecule has 0 saturated heterocycles. The van der Waals surface area contributed by atoms with Gasteiger partial charge in [0.25, 0.3) is 5.56 Å². The number of benzene rings is 3. The lowest BCUT2D eigenvalue weighted by Crippen LogP contribution is -2.36. The first kappa shape index (κ1) is 24.1. The smallest absolute Gasteiger partial charge is 0.322 e. The summed E-state index contributed by atoms with van der Waals surface area (Å²) in [5.41, 5.74) is 1.24. The van der Waals surface area contributed by atoms with E-state index in [0.717, 1.165) is 0 Å². The Balaban J connectivity index is 1.71. The molecule has 2 amide bonds. The van der Waals surface area contributed by atoms with Crippen LogP contribution in [0.4, 0.5) is 14.9 Å². The number of carbonyl (C=O) groups is 1. The fourth-order valence-electron chi connectivity index (χ4n) is 3.69. The summed E-state index contributed by atoms with van der Waals surface area (Å²) in [5, 5.41) is 3.75. The van der Waals surface area contributed by atoms with Crippen LogP contribution in [-0.2, 0) is 13.1 Å². The number of anilines is 1. The SMILES string of the molecule is COc1cc2cc(CN(Cc3ccccc3Cl)C(=O)Nc3ccccc3F)c(=O)[nH]c2cc1OC. The predicted molar refractivity (Wildman–Crippen MR) is 134 cm³/mol. The summed E-state index contributed by atoms with van der Waals surface area (Å²) in [7, 11) is 3.03. The highest BCUT2D eigenvalue weighted by Crippen LogP contribution is 2.31. The molecule has 3 aromatic carbocycles. The van der Waals surface area contributed by atoms with Gasteiger partial charge >= 0.3 is 6.03 Å². The fourth-order valence-corrected chi connectivity index (χ4v) is 3.89. The molecule has 0 aliphatic heterocycles. The van der Waals surface area contributed by atoms with Gasteiger partial charge in [-0.15, -0.1) is 0 Å². The van der Waals surface area contributed by atoms with Crippen LogP contribution in [0.25, 0.3) is 10.9 Å². The van der Waals surface area contributed by atoms with E-state index in [2.05, 4.69) is 10.3 Å². The molecular weight excluding hydrogens is 473 g/mol. The first-order valence-corrected chi connectivity index (χ1v) is 11.1. The maximum absolute atomic E-state index is 14.2. The molecule has 4 rings (SSSR count). The molecule has 4 aromatic rings. The third kappa shape index (κ3) is 5.38. The van der Waals surface area contributed by atoms with Crippen molar-refractivity contribution in [2.24, 2.45) is 0 Å². The molecule has 0 bridgehead atoms. The number of pyridine rings is 1. The zero-order chi connectivity index (χ0) is 24.9. The van der Waals surface area contributed by atoms with E-state index in [-0.39, 0.29) is 24.3 Å². The lowest BCUT2D eigenvalue weighted by Gasteiger charge is -2.24. The van der Waals surface area contributed by atoms with Crippen molar-refractivity contribution < 1.29 is 18.7 Å². The number of halogens is 2. The molecule has 0 spiro atoms. The van der Waals surface area contributed by atoms with Gasteiger partial charge in [0, 0.05) is 28.6 Å². The largest absolute Gasteiger partial charge is 0.493 e. The van der Waals surface area contributed by atoms with E-state index in [1.54, 1.807) is 48.5 Å². The highest BCUT2D eigenvalue weighted by Gasteiger charge is 2.20. The van der Waals surface area contributed by atoms with Crippen LogP contribution in [0, 0.1) is 5.82 Å². The number of fused-ring (bicyclic) bond motifs is 1. The zero-order valence-electron chi connectivity index (χ0n) is 19.1. The van der Waals surface area contributed by atoms with Crippen LogP contribution in [0.2, 0.25) is 5.02 Å². The third-order valence-electron chi connectivity index (χ3n) is 5.51. The van der Waals surface area contributed by atoms with Crippen molar-refractivity contribution in [2.45, 2.75) is 13.1 Å². The Morgan fingerprint density at radius 2 is 1.63 bits per heavy atom. The van der Waals surface area contributed by atoms with Gasteiger partial charge in [-0.3, -0.25) is 4.79 Å². The Labute approximate surface area is 206 Å². The third-order valence-corrected chi connectivity index (χ3v) is 5.88. The van der Waals surface area contributed by atoms with Gasteiger partial charge in [0.1, 0.15) is 5.82 Å². The number of nitrogens with zero attached hydrogens (tertiary/aromatic N) is 1. The van der Waals surface area contributed by atoms with Crippen LogP contribution in [0.3, 0.4) is 0 Å². The van der Waals surface area contributed by atoms with Gasteiger partial charge in [-0.05, 0) is 35.9 Å². The van der Waals surface area contributed by atoms with Crippen molar-refractivity contribution in [3.8, 4) is 11.5 Å². The van der Waals surface area contributed by atoms with Gasteiger partial charge < -0.3 is 24.7 Å². The van der Waals surface area contributed by atoms with Gasteiger partial charge in [-0.25, -0.2) is 9.18 Å². The summed E-state index contributed by atoms with van der Waals surface area (Å²) in [6, 6.07) is 17.5. The molecule has 0 atom stereocenters. The summed E-state index contributed by atoms with van der Waals surface area (Å²) >= 11 is 6.32. The minimum absolute atomic E-state index is 0.0333. The summed E-state index contributed by atoms with van der Waals surface area (Å²) in [6.45, 7) is 0.0501. The highest BCUT2D eigenvalue weighted by molar-refractivity contribution is 6.31. The molecule has 35 heavy (non-hydrogen) atoms. The van der Waals surface area contributed by atoms with Crippen LogP contribution in [0.15, 0.2) is 71.5 Å². The van der Waals surface area contributed by atoms with Crippen LogP contribution in [0.1, 0.15) is 11.1 Å². The first-order chi connectivity index (χ1) is 16.9. The summed E-state index contributed by atoms with van der Waals surface area (Å²) in [6.07, 6.45) is 0. The predicted octanol–water partition coefficient (Wildman–Crippen LogP) is 5.57. The fraction of sp³-hybridized carbons (Fsp3) is 0.154. The van der Waals surface area contributed by atoms with Crippen LogP contribution >= 0.6 is 11.6 Å². The lowest BCUT2D eigenvalue weighted by molar-refractivity contribution is 0.206. The molecule has 0 unspecified atom stereocenters. The number of ether oxygens (including phenoxy) is 2. The molecule has 0 fully saturated rings. The minimum atomic E-state index is -0.582. The van der Waals surface area contributed by atoms with E-state index >= 15 is 0 Å². The molecule has 1 heterocycles. The van der Waals surface area contributed by atoms with Gasteiger partial charge in [0.15, 0.2) is 11.5 Å². The molecule has 0 saturated carbocycles. The standard InChI is InChI=1S/C26H23ClFN3O4/c1-34-23-12-17-11-18(25(32)29-22(17)13-24(23)35-2)15-31(14-16-7-3-4-8-19(16)27)26(33)30-21-10-6-5-9-20(21)28/h3-13H,14-15H2,1-2H3,(H,29,32)(H,30,33). The average molecular weight is 496 g/mol. The van der Waals surface area contributed by atoms with Crippen LogP contribution in [-0.4, -0.2) is 30.1 Å². The van der Waals surface area contributed by atoms with Crippen molar-refractivity contribution in [3.05, 3.63) is 99.1 Å². The molecule has 2 N–H and O–H groups in total. The van der Waals surface area contributed by atoms with Crippen LogP contribution < -0.4 is 20.3 Å². The van der Waals surface area contributed by atoms with Crippen molar-refractivity contribution in [1.82, 2.24) is 9.88 Å². The maximum Gasteiger partial charge on any atom is 0.322 e. The molecule has 1 aromatic heterocycles. The number of amides is 2. The summed E-state index contributed by atoms with van der Waals surface area (Å²) < 4.78 is 24.8. The maximum atomic E-state index is 14.2. The Bertz CT molecular complexity index is 1440. The number of H-pyrrole nitrogens is 1. The van der Waals surface area contributed by atoms with Gasteiger partial charge in [-0.1, -0.05) is 41.9 Å². The normalized spacial score (nSPS) is 10.7. The quantitative estimate of drug-likeness (QED) is 0.351. The number of para-hydroxylation sites is 1. The number of hydrogen-bond donors (Lipinski definition) is 2. The molecule has 9 heteroatoms. The van der Waals surface area contributed by atoms with E-state index in [9.17, 15) is 14.0 Å². The van der Waals surface area contributed by atoms with Crippen molar-refractivity contribution in [1.29, 1.82) is 0 Å². The number of aromatic amines is 1. The van der Waals surface area contributed by atoms with Crippen molar-refractivity contribution >= 4 is 34.2 Å². The molecule has 0 aliphatic carbocycles. The van der Waals surface area contributed by atoms with Gasteiger partial charge in [0.05, 0.1) is 32.0 Å². The second kappa shape index (κ2) is 10.5. The lowest BCUT2D eigenvalue weighted by atomic mass is 10.1. The molecule has 0 radical (unpaired) electrons. The molecule has 180 valence electrons. The van der Waals surface area contributed by atoms with E-state index in [1.165, 1.54) is 37.3 Å². The number of methoxy groups -OCH3 is 2. The number of carbonyl (C=O) groups excluding carboxylic acids is 1.